The first-order valence-corrected chi connectivity index (χ1v) is 10.2. The molecule has 3 amide bonds. The van der Waals surface area contributed by atoms with Gasteiger partial charge in [0.15, 0.2) is 11.5 Å². The van der Waals surface area contributed by atoms with Gasteiger partial charge in [0.05, 0.1) is 0 Å². The Morgan fingerprint density at radius 3 is 2.55 bits per heavy atom. The maximum absolute atomic E-state index is 12.9. The summed E-state index contributed by atoms with van der Waals surface area (Å²) in [6, 6.07) is 4.86. The van der Waals surface area contributed by atoms with Crippen LogP contribution in [0.2, 0.25) is 0 Å². The molecule has 0 aliphatic carbocycles. The van der Waals surface area contributed by atoms with Crippen LogP contribution in [0.4, 0.5) is 0 Å². The van der Waals surface area contributed by atoms with Gasteiger partial charge in [-0.3, -0.25) is 14.4 Å². The van der Waals surface area contributed by atoms with Crippen molar-refractivity contribution >= 4 is 17.7 Å². The van der Waals surface area contributed by atoms with Gasteiger partial charge in [0, 0.05) is 37.2 Å². The van der Waals surface area contributed by atoms with E-state index in [1.807, 2.05) is 13.8 Å². The van der Waals surface area contributed by atoms with Crippen LogP contribution in [-0.2, 0) is 9.59 Å². The first-order valence-electron chi connectivity index (χ1n) is 10.2. The molecule has 3 heterocycles. The van der Waals surface area contributed by atoms with Gasteiger partial charge < -0.3 is 24.6 Å². The second-order valence-electron chi connectivity index (χ2n) is 8.11. The normalized spacial score (nSPS) is 21.8. The van der Waals surface area contributed by atoms with E-state index in [9.17, 15) is 14.4 Å². The number of hydrogen-bond acceptors (Lipinski definition) is 5. The number of likely N-dealkylation sites (tertiary alicyclic amines) is 2. The summed E-state index contributed by atoms with van der Waals surface area (Å²) in [4.78, 5) is 41.4. The second-order valence-corrected chi connectivity index (χ2v) is 8.11. The van der Waals surface area contributed by atoms with E-state index in [4.69, 9.17) is 9.47 Å². The highest BCUT2D eigenvalue weighted by Gasteiger charge is 2.41. The fourth-order valence-corrected chi connectivity index (χ4v) is 4.36. The fourth-order valence-electron chi connectivity index (χ4n) is 4.36. The molecule has 1 unspecified atom stereocenters. The van der Waals surface area contributed by atoms with E-state index in [1.54, 1.807) is 28.0 Å². The lowest BCUT2D eigenvalue weighted by atomic mass is 10.0. The molecule has 0 radical (unpaired) electrons. The van der Waals surface area contributed by atoms with Gasteiger partial charge in [-0.05, 0) is 51.3 Å². The number of amides is 3. The van der Waals surface area contributed by atoms with E-state index < -0.39 is 6.04 Å². The van der Waals surface area contributed by atoms with Crippen molar-refractivity contribution in [1.29, 1.82) is 0 Å². The Balaban J connectivity index is 1.39. The number of nitrogens with one attached hydrogen (secondary N) is 1. The molecule has 4 rings (SSSR count). The summed E-state index contributed by atoms with van der Waals surface area (Å²) < 4.78 is 10.7. The van der Waals surface area contributed by atoms with Crippen molar-refractivity contribution in [2.75, 3.05) is 19.9 Å². The zero-order chi connectivity index (χ0) is 20.5. The van der Waals surface area contributed by atoms with Gasteiger partial charge >= 0.3 is 0 Å². The summed E-state index contributed by atoms with van der Waals surface area (Å²) in [6.45, 7) is 5.12. The summed E-state index contributed by atoms with van der Waals surface area (Å²) in [7, 11) is 0. The molecule has 2 saturated heterocycles. The van der Waals surface area contributed by atoms with Gasteiger partial charge in [-0.25, -0.2) is 0 Å². The van der Waals surface area contributed by atoms with Crippen LogP contribution in [0.15, 0.2) is 18.2 Å². The molecule has 0 aromatic heterocycles. The molecule has 0 spiro atoms. The lowest BCUT2D eigenvalue weighted by Gasteiger charge is -2.39. The van der Waals surface area contributed by atoms with Crippen molar-refractivity contribution in [2.24, 2.45) is 0 Å². The average molecular weight is 401 g/mol. The third-order valence-corrected chi connectivity index (χ3v) is 5.75. The Kier molecular flexibility index (Phi) is 5.34. The molecular formula is C21H27N3O5. The molecule has 1 atom stereocenters. The van der Waals surface area contributed by atoms with Crippen molar-refractivity contribution < 1.29 is 23.9 Å². The van der Waals surface area contributed by atoms with E-state index in [2.05, 4.69) is 5.32 Å². The maximum atomic E-state index is 12.9. The molecule has 8 heteroatoms. The minimum absolute atomic E-state index is 0.00582. The Labute approximate surface area is 170 Å². The molecule has 29 heavy (non-hydrogen) atoms. The molecule has 3 aliphatic rings. The number of benzene rings is 1. The molecule has 1 aromatic carbocycles. The van der Waals surface area contributed by atoms with Crippen LogP contribution in [0.1, 0.15) is 49.9 Å². The number of fused-ring (bicyclic) bond motifs is 1. The number of ether oxygens (including phenoxy) is 2. The number of hydrogen-bond donors (Lipinski definition) is 1. The van der Waals surface area contributed by atoms with E-state index in [0.29, 0.717) is 55.8 Å². The predicted octanol–water partition coefficient (Wildman–Crippen LogP) is 1.54. The number of nitrogens with zero attached hydrogens (tertiary/aromatic N) is 2. The van der Waals surface area contributed by atoms with Crippen LogP contribution in [-0.4, -0.2) is 65.5 Å². The molecule has 1 aromatic rings. The van der Waals surface area contributed by atoms with Crippen molar-refractivity contribution in [3.63, 3.8) is 0 Å². The highest BCUT2D eigenvalue weighted by molar-refractivity contribution is 5.95. The lowest BCUT2D eigenvalue weighted by molar-refractivity contribution is -0.138. The highest BCUT2D eigenvalue weighted by atomic mass is 16.7. The van der Waals surface area contributed by atoms with Crippen LogP contribution in [0.3, 0.4) is 0 Å². The zero-order valence-electron chi connectivity index (χ0n) is 16.8. The summed E-state index contributed by atoms with van der Waals surface area (Å²) in [5.41, 5.74) is 0.569. The number of piperidine rings is 1. The number of carbonyl (C=O) groups is 3. The van der Waals surface area contributed by atoms with Gasteiger partial charge in [-0.15, -0.1) is 0 Å². The van der Waals surface area contributed by atoms with E-state index in [0.717, 1.165) is 0 Å². The minimum Gasteiger partial charge on any atom is -0.454 e. The van der Waals surface area contributed by atoms with Gasteiger partial charge in [0.25, 0.3) is 5.91 Å². The van der Waals surface area contributed by atoms with Crippen molar-refractivity contribution in [1.82, 2.24) is 15.1 Å². The Morgan fingerprint density at radius 2 is 1.83 bits per heavy atom. The Morgan fingerprint density at radius 1 is 1.10 bits per heavy atom. The number of rotatable bonds is 4. The predicted molar refractivity (Wildman–Crippen MR) is 105 cm³/mol. The zero-order valence-corrected chi connectivity index (χ0v) is 16.8. The third kappa shape index (κ3) is 3.88. The van der Waals surface area contributed by atoms with E-state index in [-0.39, 0.29) is 36.6 Å². The first kappa shape index (κ1) is 19.5. The Bertz CT molecular complexity index is 817. The summed E-state index contributed by atoms with van der Waals surface area (Å²) >= 11 is 0. The van der Waals surface area contributed by atoms with E-state index in [1.165, 1.54) is 0 Å². The first-order chi connectivity index (χ1) is 13.9. The standard InChI is InChI=1S/C21H27N3O5/c1-13(2)22-20(26)16-4-6-19(25)24(16)15-7-9-23(10-8-15)21(27)14-3-5-17-18(11-14)29-12-28-17/h3,5,11,13,15-16H,4,6-10,12H2,1-2H3,(H,22,26). The van der Waals surface area contributed by atoms with E-state index >= 15 is 0 Å². The van der Waals surface area contributed by atoms with Crippen LogP contribution in [0, 0.1) is 0 Å². The molecule has 2 fully saturated rings. The van der Waals surface area contributed by atoms with Gasteiger partial charge in [-0.2, -0.15) is 0 Å². The summed E-state index contributed by atoms with van der Waals surface area (Å²) in [5.74, 6) is 1.15. The summed E-state index contributed by atoms with van der Waals surface area (Å²) in [6.07, 6.45) is 2.32. The average Bonchev–Trinajstić information content (AvgIpc) is 3.32. The number of carbonyl (C=O) groups excluding carboxylic acids is 3. The lowest BCUT2D eigenvalue weighted by Crippen LogP contribution is -2.54. The van der Waals surface area contributed by atoms with Crippen molar-refractivity contribution in [2.45, 2.75) is 57.7 Å². The molecule has 8 nitrogen and oxygen atoms in total. The van der Waals surface area contributed by atoms with Gasteiger partial charge in [-0.1, -0.05) is 0 Å². The largest absolute Gasteiger partial charge is 0.454 e. The van der Waals surface area contributed by atoms with Crippen LogP contribution >= 0.6 is 0 Å². The van der Waals surface area contributed by atoms with Gasteiger partial charge in [0.1, 0.15) is 6.04 Å². The molecule has 156 valence electrons. The monoisotopic (exact) mass is 401 g/mol. The van der Waals surface area contributed by atoms with Gasteiger partial charge in [0.2, 0.25) is 18.6 Å². The summed E-state index contributed by atoms with van der Waals surface area (Å²) in [5, 5.41) is 2.92. The third-order valence-electron chi connectivity index (χ3n) is 5.75. The minimum atomic E-state index is -0.397. The second kappa shape index (κ2) is 7.93. The molecular weight excluding hydrogens is 374 g/mol. The van der Waals surface area contributed by atoms with Crippen LogP contribution in [0.5, 0.6) is 11.5 Å². The van der Waals surface area contributed by atoms with Crippen LogP contribution < -0.4 is 14.8 Å². The van der Waals surface area contributed by atoms with Crippen molar-refractivity contribution in [3.05, 3.63) is 23.8 Å². The molecule has 0 bridgehead atoms. The maximum Gasteiger partial charge on any atom is 0.253 e. The smallest absolute Gasteiger partial charge is 0.253 e. The molecule has 1 N–H and O–H groups in total. The Hall–Kier alpha value is -2.77. The molecule has 3 aliphatic heterocycles. The molecule has 0 saturated carbocycles. The van der Waals surface area contributed by atoms with Crippen LogP contribution in [0.25, 0.3) is 0 Å². The topological polar surface area (TPSA) is 88.2 Å². The fraction of sp³-hybridized carbons (Fsp3) is 0.571. The van der Waals surface area contributed by atoms with Crippen molar-refractivity contribution in [3.8, 4) is 11.5 Å². The SMILES string of the molecule is CC(C)NC(=O)C1CCC(=O)N1C1CCN(C(=O)c2ccc3c(c2)OCO3)CC1. The highest BCUT2D eigenvalue weighted by Crippen LogP contribution is 2.33. The quantitative estimate of drug-likeness (QED) is 0.827.